The fraction of sp³-hybridized carbons (Fsp3) is 0.417. The van der Waals surface area contributed by atoms with E-state index < -0.39 is 49.3 Å². The van der Waals surface area contributed by atoms with E-state index in [2.05, 4.69) is 21.5 Å². The maximum atomic E-state index is 14.4. The number of anilines is 1. The first-order valence-corrected chi connectivity index (χ1v) is 14.1. The summed E-state index contributed by atoms with van der Waals surface area (Å²) < 4.78 is 51.7. The number of aromatic nitrogens is 4. The van der Waals surface area contributed by atoms with Crippen LogP contribution in [-0.2, 0) is 27.7 Å². The lowest BCUT2D eigenvalue weighted by Gasteiger charge is -2.30. The molecular weight excluding hydrogens is 556 g/mol. The molecule has 2 aliphatic rings. The number of nitrogens with two attached hydrogens (primary N) is 1. The number of halogens is 2. The number of rotatable bonds is 7. The highest BCUT2D eigenvalue weighted by Crippen LogP contribution is 2.58. The van der Waals surface area contributed by atoms with Gasteiger partial charge in [0.25, 0.3) is 5.56 Å². The number of nitrogens with zero attached hydrogens (tertiary/aromatic N) is 3. The molecule has 0 radical (unpaired) electrons. The van der Waals surface area contributed by atoms with Crippen LogP contribution >= 0.6 is 19.4 Å². The number of imidazole rings is 1. The summed E-state index contributed by atoms with van der Waals surface area (Å²) in [5.74, 6) is -1.70. The lowest BCUT2D eigenvalue weighted by Crippen LogP contribution is -2.26. The Morgan fingerprint density at radius 3 is 3.00 bits per heavy atom. The number of H-pyrrole nitrogens is 1. The highest BCUT2D eigenvalue weighted by Gasteiger charge is 2.45. The first-order valence-electron chi connectivity index (χ1n) is 12.2. The van der Waals surface area contributed by atoms with Crippen LogP contribution in [-0.4, -0.2) is 44.8 Å². The molecule has 1 aliphatic heterocycles. The van der Waals surface area contributed by atoms with Gasteiger partial charge in [-0.3, -0.25) is 28.1 Å². The van der Waals surface area contributed by atoms with Crippen molar-refractivity contribution in [3.63, 3.8) is 0 Å². The number of carbonyl (C=O) groups is 1. The van der Waals surface area contributed by atoms with Crippen molar-refractivity contribution < 1.29 is 32.1 Å². The molecule has 0 amide bonds. The lowest BCUT2D eigenvalue weighted by atomic mass is 10.0. The molecular formula is C24H26ClFN5O7P. The van der Waals surface area contributed by atoms with Crippen LogP contribution in [0.25, 0.3) is 11.2 Å². The first kappa shape index (κ1) is 27.5. The van der Waals surface area contributed by atoms with Crippen LogP contribution in [0.5, 0.6) is 0 Å². The molecule has 0 spiro atoms. The van der Waals surface area contributed by atoms with E-state index in [0.29, 0.717) is 10.6 Å². The van der Waals surface area contributed by atoms with Crippen molar-refractivity contribution >= 4 is 42.5 Å². The van der Waals surface area contributed by atoms with Crippen molar-refractivity contribution in [3.05, 3.63) is 63.4 Å². The monoisotopic (exact) mass is 581 g/mol. The van der Waals surface area contributed by atoms with E-state index in [1.807, 2.05) is 0 Å². The molecule has 1 saturated carbocycles. The van der Waals surface area contributed by atoms with Gasteiger partial charge in [0.1, 0.15) is 11.9 Å². The third-order valence-electron chi connectivity index (χ3n) is 6.77. The Bertz CT molecular complexity index is 1540. The fourth-order valence-corrected chi connectivity index (χ4v) is 6.38. The van der Waals surface area contributed by atoms with E-state index in [9.17, 15) is 18.5 Å². The second kappa shape index (κ2) is 10.8. The van der Waals surface area contributed by atoms with Crippen molar-refractivity contribution in [3.8, 4) is 0 Å². The Kier molecular flexibility index (Phi) is 7.62. The Morgan fingerprint density at radius 2 is 2.23 bits per heavy atom. The molecule has 1 saturated heterocycles. The lowest BCUT2D eigenvalue weighted by molar-refractivity contribution is -0.150. The Labute approximate surface area is 226 Å². The minimum absolute atomic E-state index is 0.000944. The molecule has 1 aliphatic carbocycles. The second-order valence-corrected chi connectivity index (χ2v) is 11.3. The molecule has 5 rings (SSSR count). The SMILES string of the molecule is C=C1[C@H](CO[P@]2(=O)OCC[C@H](c3cc(Cl)ccc3F)O2)[C@@H](OC(=O)CC)C[C@@H]1n1cnc2c(=O)[nH]c(N)nc21. The van der Waals surface area contributed by atoms with E-state index >= 15 is 0 Å². The van der Waals surface area contributed by atoms with Crippen molar-refractivity contribution in [2.24, 2.45) is 5.92 Å². The zero-order chi connectivity index (χ0) is 27.9. The minimum Gasteiger partial charge on any atom is -0.462 e. The number of fused-ring (bicyclic) bond motifs is 1. The van der Waals surface area contributed by atoms with Crippen molar-refractivity contribution in [1.29, 1.82) is 0 Å². The van der Waals surface area contributed by atoms with Gasteiger partial charge >= 0.3 is 13.8 Å². The third kappa shape index (κ3) is 5.50. The zero-order valence-electron chi connectivity index (χ0n) is 20.8. The molecule has 3 aromatic rings. The average molecular weight is 582 g/mol. The summed E-state index contributed by atoms with van der Waals surface area (Å²) in [6, 6.07) is 3.52. The van der Waals surface area contributed by atoms with E-state index in [1.54, 1.807) is 11.5 Å². The molecule has 15 heteroatoms. The Hall–Kier alpha value is -3.09. The number of ether oxygens (including phenoxy) is 1. The number of hydrogen-bond donors (Lipinski definition) is 2. The fourth-order valence-electron chi connectivity index (χ4n) is 4.81. The predicted molar refractivity (Wildman–Crippen MR) is 138 cm³/mol. The van der Waals surface area contributed by atoms with Gasteiger partial charge in [0.15, 0.2) is 11.2 Å². The zero-order valence-corrected chi connectivity index (χ0v) is 22.5. The molecule has 0 bridgehead atoms. The van der Waals surface area contributed by atoms with Crippen LogP contribution < -0.4 is 11.3 Å². The van der Waals surface area contributed by atoms with Crippen molar-refractivity contribution in [2.75, 3.05) is 18.9 Å². The maximum absolute atomic E-state index is 14.4. The van der Waals surface area contributed by atoms with Crippen LogP contribution in [0.4, 0.5) is 10.3 Å². The minimum atomic E-state index is -4.13. The van der Waals surface area contributed by atoms with Crippen LogP contribution in [0, 0.1) is 11.7 Å². The summed E-state index contributed by atoms with van der Waals surface area (Å²) in [5, 5.41) is 0.302. The Morgan fingerprint density at radius 1 is 1.44 bits per heavy atom. The maximum Gasteiger partial charge on any atom is 0.475 e. The number of phosphoric acid groups is 1. The van der Waals surface area contributed by atoms with Gasteiger partial charge in [-0.05, 0) is 23.8 Å². The molecule has 0 unspecified atom stereocenters. The molecule has 208 valence electrons. The van der Waals surface area contributed by atoms with Gasteiger partial charge in [-0.2, -0.15) is 4.98 Å². The topological polar surface area (TPSA) is 161 Å². The molecule has 2 aromatic heterocycles. The number of benzene rings is 1. The van der Waals surface area contributed by atoms with Gasteiger partial charge < -0.3 is 15.0 Å². The quantitative estimate of drug-likeness (QED) is 0.234. The summed E-state index contributed by atoms with van der Waals surface area (Å²) in [4.78, 5) is 35.2. The van der Waals surface area contributed by atoms with Crippen LogP contribution in [0.1, 0.15) is 43.9 Å². The normalized spacial score (nSPS) is 27.2. The summed E-state index contributed by atoms with van der Waals surface area (Å²) >= 11 is 6.01. The summed E-state index contributed by atoms with van der Waals surface area (Å²) in [5.41, 5.74) is 6.27. The van der Waals surface area contributed by atoms with Crippen LogP contribution in [0.15, 0.2) is 41.5 Å². The third-order valence-corrected chi connectivity index (χ3v) is 8.48. The molecule has 3 N–H and O–H groups in total. The predicted octanol–water partition coefficient (Wildman–Crippen LogP) is 4.24. The highest BCUT2D eigenvalue weighted by atomic mass is 35.5. The van der Waals surface area contributed by atoms with E-state index in [1.165, 1.54) is 24.5 Å². The van der Waals surface area contributed by atoms with E-state index in [0.717, 1.165) is 0 Å². The second-order valence-electron chi connectivity index (χ2n) is 9.21. The number of nitrogens with one attached hydrogen (secondary N) is 1. The van der Waals surface area contributed by atoms with Gasteiger partial charge in [0.05, 0.1) is 31.7 Å². The van der Waals surface area contributed by atoms with Crippen molar-refractivity contribution in [1.82, 2.24) is 19.5 Å². The van der Waals surface area contributed by atoms with Crippen molar-refractivity contribution in [2.45, 2.75) is 44.4 Å². The summed E-state index contributed by atoms with van der Waals surface area (Å²) in [7, 11) is -4.13. The number of aromatic amines is 1. The smallest absolute Gasteiger partial charge is 0.462 e. The van der Waals surface area contributed by atoms with E-state index in [4.69, 9.17) is 35.6 Å². The first-order chi connectivity index (χ1) is 18.6. The molecule has 39 heavy (non-hydrogen) atoms. The molecule has 3 heterocycles. The number of nitrogen functional groups attached to an aromatic ring is 1. The Balaban J connectivity index is 1.38. The number of hydrogen-bond acceptors (Lipinski definition) is 10. The molecule has 12 nitrogen and oxygen atoms in total. The van der Waals surface area contributed by atoms with Crippen LogP contribution in [0.2, 0.25) is 5.02 Å². The number of phosphoric ester groups is 1. The summed E-state index contributed by atoms with van der Waals surface area (Å²) in [6.07, 6.45) is 0.473. The largest absolute Gasteiger partial charge is 0.475 e. The molecule has 5 atom stereocenters. The van der Waals surface area contributed by atoms with Gasteiger partial charge in [-0.1, -0.05) is 25.1 Å². The molecule has 1 aromatic carbocycles. The van der Waals surface area contributed by atoms with Gasteiger partial charge in [0, 0.05) is 35.8 Å². The van der Waals surface area contributed by atoms with Gasteiger partial charge in [-0.15, -0.1) is 0 Å². The summed E-state index contributed by atoms with van der Waals surface area (Å²) in [6.45, 7) is 5.60. The van der Waals surface area contributed by atoms with Crippen LogP contribution in [0.3, 0.4) is 0 Å². The van der Waals surface area contributed by atoms with Gasteiger partial charge in [-0.25, -0.2) is 13.9 Å². The standard InChI is InChI=1S/C24H26ClFN5O7P/c1-3-20(32)37-19-9-17(31-11-28-21-22(31)29-24(27)30-23(21)33)12(2)15(19)10-36-39(34)35-7-6-18(38-39)14-8-13(25)4-5-16(14)26/h4-5,8,11,15,17-19H,2-3,6-7,9-10H2,1H3,(H3,27,29,30,33)/t15-,17-,18+,19-,39-/m0/s1. The van der Waals surface area contributed by atoms with E-state index in [-0.39, 0.29) is 55.2 Å². The van der Waals surface area contributed by atoms with Gasteiger partial charge in [0.2, 0.25) is 5.95 Å². The average Bonchev–Trinajstić information content (AvgIpc) is 3.44. The highest BCUT2D eigenvalue weighted by molar-refractivity contribution is 7.48. The molecule has 2 fully saturated rings. The number of esters is 1. The number of carbonyl (C=O) groups excluding carboxylic acids is 1.